The minimum Gasteiger partial charge on any atom is -0.463 e. The number of ketones is 1. The molecule has 0 aliphatic rings. The van der Waals surface area contributed by atoms with Crippen LogP contribution in [0.25, 0.3) is 0 Å². The van der Waals surface area contributed by atoms with Crippen molar-refractivity contribution in [2.24, 2.45) is 0 Å². The van der Waals surface area contributed by atoms with Crippen LogP contribution < -0.4 is 0 Å². The number of hydrogen-bond donors (Lipinski definition) is 0. The van der Waals surface area contributed by atoms with E-state index in [2.05, 4.69) is 0 Å². The van der Waals surface area contributed by atoms with Crippen LogP contribution in [0.5, 0.6) is 0 Å². The van der Waals surface area contributed by atoms with E-state index >= 15 is 0 Å². The molecule has 0 radical (unpaired) electrons. The van der Waals surface area contributed by atoms with Crippen LogP contribution in [-0.4, -0.2) is 17.9 Å². The molecule has 0 aromatic heterocycles. The molecule has 0 heterocycles. The van der Waals surface area contributed by atoms with E-state index in [1.54, 1.807) is 6.92 Å². The monoisotopic (exact) mass is 242 g/mol. The van der Waals surface area contributed by atoms with Crippen molar-refractivity contribution >= 4 is 11.8 Å². The molecule has 0 bridgehead atoms. The molecule has 0 aliphatic carbocycles. The predicted octanol–water partition coefficient (Wildman–Crippen LogP) is 3.65. The summed E-state index contributed by atoms with van der Waals surface area (Å²) in [5.41, 5.74) is 0. The second-order valence-corrected chi connectivity index (χ2v) is 4.68. The van der Waals surface area contributed by atoms with Crippen molar-refractivity contribution in [2.75, 3.05) is 0 Å². The summed E-state index contributed by atoms with van der Waals surface area (Å²) in [6, 6.07) is 0. The number of esters is 1. The van der Waals surface area contributed by atoms with Crippen LogP contribution in [0.4, 0.5) is 0 Å². The van der Waals surface area contributed by atoms with Gasteiger partial charge >= 0.3 is 5.97 Å². The van der Waals surface area contributed by atoms with Crippen LogP contribution in [-0.2, 0) is 14.3 Å². The lowest BCUT2D eigenvalue weighted by molar-refractivity contribution is -0.148. The maximum Gasteiger partial charge on any atom is 0.306 e. The number of Topliss-reactive ketones (excluding diaryl/α,β-unsaturated/α-hetero) is 1. The molecule has 1 atom stereocenters. The van der Waals surface area contributed by atoms with Crippen LogP contribution in [0, 0.1) is 0 Å². The van der Waals surface area contributed by atoms with Crippen LogP contribution in [0.1, 0.15) is 72.1 Å². The molecular formula is C14H26O3. The number of carbonyl (C=O) groups excluding carboxylic acids is 2. The molecule has 0 aromatic carbocycles. The topological polar surface area (TPSA) is 43.4 Å². The molecule has 0 spiro atoms. The quantitative estimate of drug-likeness (QED) is 0.434. The zero-order chi connectivity index (χ0) is 13.1. The molecule has 0 N–H and O–H groups in total. The van der Waals surface area contributed by atoms with E-state index in [1.165, 1.54) is 0 Å². The number of rotatable bonds is 10. The standard InChI is InChI=1S/C14H26O3/c1-4-13(3)17-14(16)11-9-7-5-6-8-10-12(2)15/h13H,4-11H2,1-3H3. The fraction of sp³-hybridized carbons (Fsp3) is 0.857. The predicted molar refractivity (Wildman–Crippen MR) is 68.8 cm³/mol. The summed E-state index contributed by atoms with van der Waals surface area (Å²) < 4.78 is 5.18. The molecular weight excluding hydrogens is 216 g/mol. The van der Waals surface area contributed by atoms with E-state index in [-0.39, 0.29) is 17.9 Å². The Morgan fingerprint density at radius 2 is 1.53 bits per heavy atom. The highest BCUT2D eigenvalue weighted by Gasteiger charge is 2.06. The molecule has 17 heavy (non-hydrogen) atoms. The van der Waals surface area contributed by atoms with E-state index < -0.39 is 0 Å². The number of unbranched alkanes of at least 4 members (excludes halogenated alkanes) is 4. The van der Waals surface area contributed by atoms with Gasteiger partial charge < -0.3 is 9.53 Å². The SMILES string of the molecule is CCC(C)OC(=O)CCCCCCCC(C)=O. The molecule has 0 rings (SSSR count). The third-order valence-corrected chi connectivity index (χ3v) is 2.82. The third-order valence-electron chi connectivity index (χ3n) is 2.82. The van der Waals surface area contributed by atoms with Crippen molar-refractivity contribution in [2.45, 2.75) is 78.2 Å². The Kier molecular flexibility index (Phi) is 9.78. The lowest BCUT2D eigenvalue weighted by Crippen LogP contribution is -2.13. The molecule has 0 saturated carbocycles. The minimum absolute atomic E-state index is 0.0399. The first-order valence-corrected chi connectivity index (χ1v) is 6.75. The number of carbonyl (C=O) groups is 2. The van der Waals surface area contributed by atoms with E-state index in [1.807, 2.05) is 13.8 Å². The molecule has 0 fully saturated rings. The fourth-order valence-corrected chi connectivity index (χ4v) is 1.54. The van der Waals surface area contributed by atoms with Gasteiger partial charge in [0.05, 0.1) is 6.10 Å². The minimum atomic E-state index is -0.0805. The Bertz CT molecular complexity index is 224. The summed E-state index contributed by atoms with van der Waals surface area (Å²) in [7, 11) is 0. The zero-order valence-electron chi connectivity index (χ0n) is 11.5. The van der Waals surface area contributed by atoms with Crippen LogP contribution >= 0.6 is 0 Å². The van der Waals surface area contributed by atoms with Crippen molar-refractivity contribution in [3.63, 3.8) is 0 Å². The van der Waals surface area contributed by atoms with Crippen LogP contribution in [0.3, 0.4) is 0 Å². The van der Waals surface area contributed by atoms with Gasteiger partial charge in [-0.3, -0.25) is 4.79 Å². The molecule has 3 heteroatoms. The Morgan fingerprint density at radius 3 is 2.06 bits per heavy atom. The summed E-state index contributed by atoms with van der Waals surface area (Å²) in [5.74, 6) is 0.185. The van der Waals surface area contributed by atoms with Gasteiger partial charge in [-0.2, -0.15) is 0 Å². The Morgan fingerprint density at radius 1 is 1.00 bits per heavy atom. The van der Waals surface area contributed by atoms with Crippen molar-refractivity contribution in [1.82, 2.24) is 0 Å². The van der Waals surface area contributed by atoms with Gasteiger partial charge in [0.2, 0.25) is 0 Å². The second-order valence-electron chi connectivity index (χ2n) is 4.68. The first-order valence-electron chi connectivity index (χ1n) is 6.75. The van der Waals surface area contributed by atoms with Gasteiger partial charge in [-0.25, -0.2) is 0 Å². The van der Waals surface area contributed by atoms with Gasteiger partial charge in [0.15, 0.2) is 0 Å². The smallest absolute Gasteiger partial charge is 0.306 e. The second kappa shape index (κ2) is 10.3. The molecule has 0 aromatic rings. The van der Waals surface area contributed by atoms with Gasteiger partial charge in [0.1, 0.15) is 5.78 Å². The zero-order valence-corrected chi connectivity index (χ0v) is 11.5. The summed E-state index contributed by atoms with van der Waals surface area (Å²) in [6.07, 6.45) is 7.24. The average molecular weight is 242 g/mol. The summed E-state index contributed by atoms with van der Waals surface area (Å²) in [5, 5.41) is 0. The first kappa shape index (κ1) is 16.1. The maximum absolute atomic E-state index is 11.3. The van der Waals surface area contributed by atoms with E-state index in [0.717, 1.165) is 38.5 Å². The lowest BCUT2D eigenvalue weighted by Gasteiger charge is -2.10. The Hall–Kier alpha value is -0.860. The highest BCUT2D eigenvalue weighted by Crippen LogP contribution is 2.09. The van der Waals surface area contributed by atoms with Crippen molar-refractivity contribution in [3.05, 3.63) is 0 Å². The molecule has 0 aliphatic heterocycles. The third kappa shape index (κ3) is 11.4. The van der Waals surface area contributed by atoms with E-state index in [0.29, 0.717) is 12.8 Å². The highest BCUT2D eigenvalue weighted by molar-refractivity contribution is 5.75. The van der Waals surface area contributed by atoms with Gasteiger partial charge in [0, 0.05) is 12.8 Å². The van der Waals surface area contributed by atoms with Gasteiger partial charge in [-0.05, 0) is 33.1 Å². The Labute approximate surface area is 105 Å². The first-order chi connectivity index (χ1) is 8.06. The van der Waals surface area contributed by atoms with Crippen LogP contribution in [0.15, 0.2) is 0 Å². The number of hydrogen-bond acceptors (Lipinski definition) is 3. The van der Waals surface area contributed by atoms with Crippen molar-refractivity contribution in [1.29, 1.82) is 0 Å². The van der Waals surface area contributed by atoms with Crippen LogP contribution in [0.2, 0.25) is 0 Å². The van der Waals surface area contributed by atoms with E-state index in [4.69, 9.17) is 4.74 Å². The maximum atomic E-state index is 11.3. The summed E-state index contributed by atoms with van der Waals surface area (Å²) in [6.45, 7) is 5.55. The average Bonchev–Trinajstić information content (AvgIpc) is 2.27. The van der Waals surface area contributed by atoms with Gasteiger partial charge in [-0.15, -0.1) is 0 Å². The highest BCUT2D eigenvalue weighted by atomic mass is 16.5. The van der Waals surface area contributed by atoms with Crippen molar-refractivity contribution < 1.29 is 14.3 Å². The molecule has 1 unspecified atom stereocenters. The van der Waals surface area contributed by atoms with Crippen molar-refractivity contribution in [3.8, 4) is 0 Å². The summed E-state index contributed by atoms with van der Waals surface area (Å²) >= 11 is 0. The van der Waals surface area contributed by atoms with Gasteiger partial charge in [-0.1, -0.05) is 26.2 Å². The van der Waals surface area contributed by atoms with E-state index in [9.17, 15) is 9.59 Å². The van der Waals surface area contributed by atoms with Gasteiger partial charge in [0.25, 0.3) is 0 Å². The molecule has 100 valence electrons. The molecule has 0 saturated heterocycles. The normalized spacial score (nSPS) is 12.2. The fourth-order valence-electron chi connectivity index (χ4n) is 1.54. The Balaban J connectivity index is 3.27. The largest absolute Gasteiger partial charge is 0.463 e. The summed E-state index contributed by atoms with van der Waals surface area (Å²) in [4.78, 5) is 22.0. The lowest BCUT2D eigenvalue weighted by atomic mass is 10.1. The molecule has 3 nitrogen and oxygen atoms in total. The number of ether oxygens (including phenoxy) is 1. The molecule has 0 amide bonds.